The van der Waals surface area contributed by atoms with E-state index in [9.17, 15) is 0 Å². The number of hydrogen-bond donors (Lipinski definition) is 2. The molecule has 18 heavy (non-hydrogen) atoms. The van der Waals surface area contributed by atoms with Crippen molar-refractivity contribution >= 4 is 39.7 Å². The zero-order valence-corrected chi connectivity index (χ0v) is 12.2. The second kappa shape index (κ2) is 4.69. The van der Waals surface area contributed by atoms with Gasteiger partial charge in [0.2, 0.25) is 0 Å². The summed E-state index contributed by atoms with van der Waals surface area (Å²) in [7, 11) is 0. The molecule has 0 aromatic carbocycles. The molecule has 4 nitrogen and oxygen atoms in total. The first-order valence-electron chi connectivity index (χ1n) is 5.24. The highest BCUT2D eigenvalue weighted by Crippen LogP contribution is 2.36. The molecule has 0 aliphatic carbocycles. The first-order chi connectivity index (χ1) is 8.75. The van der Waals surface area contributed by atoms with Crippen LogP contribution in [0.2, 0.25) is 0 Å². The monoisotopic (exact) mass is 368 g/mol. The van der Waals surface area contributed by atoms with Crippen LogP contribution in [0.4, 0.5) is 5.82 Å². The third-order valence-electron chi connectivity index (χ3n) is 2.60. The van der Waals surface area contributed by atoms with E-state index in [-0.39, 0.29) is 0 Å². The summed E-state index contributed by atoms with van der Waals surface area (Å²) in [4.78, 5) is 4.13. The van der Waals surface area contributed by atoms with Gasteiger partial charge in [-0.1, -0.05) is 6.07 Å². The first-order valence-corrected chi connectivity index (χ1v) is 7.20. The lowest BCUT2D eigenvalue weighted by Gasteiger charge is -2.01. The molecule has 90 valence electrons. The average Bonchev–Trinajstić information content (AvgIpc) is 2.96. The minimum Gasteiger partial charge on any atom is -0.382 e. The first kappa shape index (κ1) is 11.7. The van der Waals surface area contributed by atoms with Gasteiger partial charge in [0.1, 0.15) is 0 Å². The van der Waals surface area contributed by atoms with E-state index in [0.29, 0.717) is 5.82 Å². The normalized spacial score (nSPS) is 10.7. The quantitative estimate of drug-likeness (QED) is 0.682. The smallest absolute Gasteiger partial charge is 0.153 e. The number of nitrogen functional groups attached to an aromatic ring is 1. The van der Waals surface area contributed by atoms with E-state index in [2.05, 4.69) is 49.2 Å². The summed E-state index contributed by atoms with van der Waals surface area (Å²) >= 11 is 4.00. The zero-order valence-electron chi connectivity index (χ0n) is 9.22. The number of hydrogen-bond acceptors (Lipinski definition) is 4. The molecule has 3 rings (SSSR count). The maximum absolute atomic E-state index is 5.95. The van der Waals surface area contributed by atoms with Crippen LogP contribution in [0.15, 0.2) is 36.0 Å². The predicted molar refractivity (Wildman–Crippen MR) is 82.3 cm³/mol. The summed E-state index contributed by atoms with van der Waals surface area (Å²) in [6.45, 7) is 0. The average molecular weight is 368 g/mol. The Morgan fingerprint density at radius 2 is 2.22 bits per heavy atom. The molecule has 6 heteroatoms. The van der Waals surface area contributed by atoms with E-state index < -0.39 is 0 Å². The molecule has 3 heterocycles. The standard InChI is InChI=1S/C12H9IN4S/c13-9-4-8(6-18-9)11-10(12(14)17-16-11)7-2-1-3-15-5-7/h1-6H,(H3,14,16,17). The van der Waals surface area contributed by atoms with E-state index in [4.69, 9.17) is 5.73 Å². The number of anilines is 1. The Morgan fingerprint density at radius 1 is 1.33 bits per heavy atom. The molecule has 0 radical (unpaired) electrons. The Labute approximate surface area is 121 Å². The molecule has 3 aromatic rings. The van der Waals surface area contributed by atoms with Gasteiger partial charge in [-0.25, -0.2) is 0 Å². The van der Waals surface area contributed by atoms with Crippen LogP contribution in [-0.2, 0) is 0 Å². The molecule has 0 saturated heterocycles. The largest absolute Gasteiger partial charge is 0.382 e. The fraction of sp³-hybridized carbons (Fsp3) is 0. The number of aromatic amines is 1. The Balaban J connectivity index is 2.18. The van der Waals surface area contributed by atoms with Crippen molar-refractivity contribution in [3.63, 3.8) is 0 Å². The van der Waals surface area contributed by atoms with E-state index in [1.807, 2.05) is 12.1 Å². The highest BCUT2D eigenvalue weighted by atomic mass is 127. The van der Waals surface area contributed by atoms with Gasteiger partial charge in [0.15, 0.2) is 5.82 Å². The minimum absolute atomic E-state index is 0.499. The number of nitrogens with zero attached hydrogens (tertiary/aromatic N) is 2. The molecule has 0 unspecified atom stereocenters. The fourth-order valence-electron chi connectivity index (χ4n) is 1.81. The van der Waals surface area contributed by atoms with Crippen LogP contribution in [0.3, 0.4) is 0 Å². The second-order valence-electron chi connectivity index (χ2n) is 3.74. The summed E-state index contributed by atoms with van der Waals surface area (Å²) in [6, 6.07) is 5.98. The Bertz CT molecular complexity index is 674. The maximum Gasteiger partial charge on any atom is 0.153 e. The van der Waals surface area contributed by atoms with Gasteiger partial charge in [-0.3, -0.25) is 10.1 Å². The van der Waals surface area contributed by atoms with Gasteiger partial charge in [0.25, 0.3) is 0 Å². The second-order valence-corrected chi connectivity index (χ2v) is 6.55. The van der Waals surface area contributed by atoms with Crippen molar-refractivity contribution in [1.82, 2.24) is 15.2 Å². The summed E-state index contributed by atoms with van der Waals surface area (Å²) < 4.78 is 1.23. The van der Waals surface area contributed by atoms with Crippen LogP contribution < -0.4 is 5.73 Å². The van der Waals surface area contributed by atoms with Crippen molar-refractivity contribution in [2.24, 2.45) is 0 Å². The lowest BCUT2D eigenvalue weighted by Crippen LogP contribution is -1.88. The Kier molecular flexibility index (Phi) is 3.04. The number of nitrogens with one attached hydrogen (secondary N) is 1. The molecular formula is C12H9IN4S. The molecule has 0 aliphatic heterocycles. The van der Waals surface area contributed by atoms with Crippen LogP contribution in [0, 0.1) is 2.88 Å². The third-order valence-corrected chi connectivity index (χ3v) is 4.39. The van der Waals surface area contributed by atoms with Crippen LogP contribution >= 0.6 is 33.9 Å². The van der Waals surface area contributed by atoms with Gasteiger partial charge in [-0.2, -0.15) is 5.10 Å². The number of pyridine rings is 1. The number of nitrogens with two attached hydrogens (primary N) is 1. The third kappa shape index (κ3) is 2.01. The summed E-state index contributed by atoms with van der Waals surface area (Å²) in [6.07, 6.45) is 3.54. The van der Waals surface area contributed by atoms with Crippen molar-refractivity contribution < 1.29 is 0 Å². The van der Waals surface area contributed by atoms with Gasteiger partial charge in [0, 0.05) is 28.9 Å². The molecule has 0 spiro atoms. The number of thiophene rings is 1. The molecule has 0 amide bonds. The van der Waals surface area contributed by atoms with E-state index >= 15 is 0 Å². The van der Waals surface area contributed by atoms with Crippen molar-refractivity contribution in [3.8, 4) is 22.4 Å². The molecule has 0 aliphatic rings. The van der Waals surface area contributed by atoms with Crippen LogP contribution in [0.25, 0.3) is 22.4 Å². The van der Waals surface area contributed by atoms with Gasteiger partial charge in [-0.05, 0) is 34.7 Å². The van der Waals surface area contributed by atoms with E-state index in [0.717, 1.165) is 22.4 Å². The zero-order chi connectivity index (χ0) is 12.5. The summed E-state index contributed by atoms with van der Waals surface area (Å²) in [5.74, 6) is 0.499. The number of aromatic nitrogens is 3. The SMILES string of the molecule is Nc1n[nH]c(-c2csc(I)c2)c1-c1cccnc1. The van der Waals surface area contributed by atoms with Crippen molar-refractivity contribution in [1.29, 1.82) is 0 Å². The molecule has 0 atom stereocenters. The number of halogens is 1. The highest BCUT2D eigenvalue weighted by molar-refractivity contribution is 14.1. The number of rotatable bonds is 2. The molecule has 0 bridgehead atoms. The summed E-state index contributed by atoms with van der Waals surface area (Å²) in [5.41, 5.74) is 9.88. The topological polar surface area (TPSA) is 67.6 Å². The van der Waals surface area contributed by atoms with E-state index in [1.54, 1.807) is 23.7 Å². The van der Waals surface area contributed by atoms with E-state index in [1.165, 1.54) is 2.88 Å². The lowest BCUT2D eigenvalue weighted by atomic mass is 10.0. The van der Waals surface area contributed by atoms with Crippen LogP contribution in [0.1, 0.15) is 0 Å². The number of H-pyrrole nitrogens is 1. The predicted octanol–water partition coefficient (Wildman–Crippen LogP) is 3.39. The molecule has 3 N–H and O–H groups in total. The summed E-state index contributed by atoms with van der Waals surface area (Å²) in [5, 5.41) is 9.20. The van der Waals surface area contributed by atoms with Gasteiger partial charge >= 0.3 is 0 Å². The van der Waals surface area contributed by atoms with Crippen LogP contribution in [-0.4, -0.2) is 15.2 Å². The molecule has 0 fully saturated rings. The van der Waals surface area contributed by atoms with Crippen molar-refractivity contribution in [2.45, 2.75) is 0 Å². The van der Waals surface area contributed by atoms with Crippen molar-refractivity contribution in [3.05, 3.63) is 38.9 Å². The highest BCUT2D eigenvalue weighted by Gasteiger charge is 2.15. The minimum atomic E-state index is 0.499. The Morgan fingerprint density at radius 3 is 2.89 bits per heavy atom. The van der Waals surface area contributed by atoms with Crippen molar-refractivity contribution in [2.75, 3.05) is 5.73 Å². The van der Waals surface area contributed by atoms with Gasteiger partial charge in [-0.15, -0.1) is 11.3 Å². The maximum atomic E-state index is 5.95. The van der Waals surface area contributed by atoms with Gasteiger partial charge in [0.05, 0.1) is 14.1 Å². The lowest BCUT2D eigenvalue weighted by molar-refractivity contribution is 1.10. The fourth-order valence-corrected chi connectivity index (χ4v) is 3.15. The molecule has 0 saturated carbocycles. The van der Waals surface area contributed by atoms with Crippen LogP contribution in [0.5, 0.6) is 0 Å². The Hall–Kier alpha value is -1.41. The molecular weight excluding hydrogens is 359 g/mol. The van der Waals surface area contributed by atoms with Gasteiger partial charge < -0.3 is 5.73 Å². The molecule has 3 aromatic heterocycles.